The van der Waals surface area contributed by atoms with Gasteiger partial charge in [0.2, 0.25) is 0 Å². The molecule has 15 heavy (non-hydrogen) atoms. The Balaban J connectivity index is 3.67. The minimum Gasteiger partial charge on any atom is -0.332 e. The fraction of sp³-hybridized carbons (Fsp3) is 0.714. The summed E-state index contributed by atoms with van der Waals surface area (Å²) in [7, 11) is 0. The van der Waals surface area contributed by atoms with Crippen molar-refractivity contribution >= 4 is 11.9 Å². The largest absolute Gasteiger partial charge is 0.493 e. The molecule has 0 aromatic heterocycles. The predicted molar refractivity (Wildman–Crippen MR) is 43.2 cm³/mol. The molecule has 0 heterocycles. The van der Waals surface area contributed by atoms with Gasteiger partial charge in [0, 0.05) is 6.42 Å². The van der Waals surface area contributed by atoms with Gasteiger partial charge in [-0.15, -0.1) is 0 Å². The highest BCUT2D eigenvalue weighted by molar-refractivity contribution is 5.80. The minimum absolute atomic E-state index is 0.0393. The standard InChI is InChI=1S/C7H11F3N2O3/c8-7(9,10)6(14)15-12-5(13)3-1-2-4-11/h1-4,11H2,(H,12,13). The molecule has 8 heteroatoms. The normalized spacial score (nSPS) is 10.9. The first kappa shape index (κ1) is 13.7. The van der Waals surface area contributed by atoms with Crippen LogP contribution in [0.2, 0.25) is 0 Å². The van der Waals surface area contributed by atoms with Crippen LogP contribution in [0.3, 0.4) is 0 Å². The number of alkyl halides is 3. The molecule has 0 rings (SSSR count). The monoisotopic (exact) mass is 228 g/mol. The summed E-state index contributed by atoms with van der Waals surface area (Å²) < 4.78 is 34.7. The number of nitrogens with one attached hydrogen (secondary N) is 1. The summed E-state index contributed by atoms with van der Waals surface area (Å²) in [4.78, 5) is 24.4. The highest BCUT2D eigenvalue weighted by Crippen LogP contribution is 2.15. The first-order valence-electron chi connectivity index (χ1n) is 4.15. The third kappa shape index (κ3) is 6.72. The van der Waals surface area contributed by atoms with E-state index in [4.69, 9.17) is 5.73 Å². The molecule has 3 N–H and O–H groups in total. The first-order valence-corrected chi connectivity index (χ1v) is 4.15. The zero-order chi connectivity index (χ0) is 11.9. The van der Waals surface area contributed by atoms with Crippen LogP contribution in [0, 0.1) is 0 Å². The molecule has 0 bridgehead atoms. The molecule has 0 aliphatic rings. The van der Waals surface area contributed by atoms with Gasteiger partial charge in [0.1, 0.15) is 0 Å². The van der Waals surface area contributed by atoms with Crippen molar-refractivity contribution in [3.05, 3.63) is 0 Å². The fourth-order valence-corrected chi connectivity index (χ4v) is 0.642. The number of nitrogens with two attached hydrogens (primary N) is 1. The number of halogens is 3. The first-order chi connectivity index (χ1) is 6.88. The second-order valence-electron chi connectivity index (χ2n) is 2.66. The smallest absolute Gasteiger partial charge is 0.332 e. The van der Waals surface area contributed by atoms with Gasteiger partial charge < -0.3 is 10.6 Å². The van der Waals surface area contributed by atoms with Gasteiger partial charge in [-0.3, -0.25) is 4.79 Å². The Morgan fingerprint density at radius 2 is 1.87 bits per heavy atom. The summed E-state index contributed by atoms with van der Waals surface area (Å²) in [5.74, 6) is -3.24. The molecule has 0 aromatic carbocycles. The van der Waals surface area contributed by atoms with E-state index in [0.717, 1.165) is 0 Å². The zero-order valence-electron chi connectivity index (χ0n) is 7.76. The van der Waals surface area contributed by atoms with E-state index in [1.807, 2.05) is 0 Å². The van der Waals surface area contributed by atoms with E-state index in [1.54, 1.807) is 0 Å². The minimum atomic E-state index is -5.11. The van der Waals surface area contributed by atoms with Gasteiger partial charge in [-0.1, -0.05) is 0 Å². The maximum absolute atomic E-state index is 11.6. The van der Waals surface area contributed by atoms with Crippen molar-refractivity contribution in [1.29, 1.82) is 0 Å². The fourth-order valence-electron chi connectivity index (χ4n) is 0.642. The molecule has 0 aromatic rings. The number of carbonyl (C=O) groups excluding carboxylic acids is 2. The molecule has 0 saturated carbocycles. The van der Waals surface area contributed by atoms with E-state index < -0.39 is 18.1 Å². The molecular formula is C7H11F3N2O3. The highest BCUT2D eigenvalue weighted by atomic mass is 19.4. The highest BCUT2D eigenvalue weighted by Gasteiger charge is 2.41. The molecule has 0 unspecified atom stereocenters. The van der Waals surface area contributed by atoms with Crippen molar-refractivity contribution in [1.82, 2.24) is 5.48 Å². The van der Waals surface area contributed by atoms with Gasteiger partial charge >= 0.3 is 12.1 Å². The van der Waals surface area contributed by atoms with E-state index >= 15 is 0 Å². The van der Waals surface area contributed by atoms with Crippen LogP contribution in [0.25, 0.3) is 0 Å². The van der Waals surface area contributed by atoms with Crippen molar-refractivity contribution in [2.24, 2.45) is 5.73 Å². The molecule has 0 aliphatic carbocycles. The lowest BCUT2D eigenvalue weighted by Crippen LogP contribution is -2.34. The topological polar surface area (TPSA) is 81.4 Å². The van der Waals surface area contributed by atoms with E-state index in [0.29, 0.717) is 19.4 Å². The lowest BCUT2D eigenvalue weighted by molar-refractivity contribution is -0.207. The average Bonchev–Trinajstić information content (AvgIpc) is 2.13. The van der Waals surface area contributed by atoms with Gasteiger partial charge in [-0.2, -0.15) is 18.7 Å². The molecule has 0 spiro atoms. The molecule has 5 nitrogen and oxygen atoms in total. The van der Waals surface area contributed by atoms with Crippen LogP contribution in [-0.2, 0) is 14.4 Å². The lowest BCUT2D eigenvalue weighted by atomic mass is 10.2. The Labute approximate surface area is 83.7 Å². The number of hydroxylamine groups is 1. The van der Waals surface area contributed by atoms with Crippen LogP contribution in [0.5, 0.6) is 0 Å². The molecule has 0 radical (unpaired) electrons. The SMILES string of the molecule is NCCCCC(=O)NOC(=O)C(F)(F)F. The van der Waals surface area contributed by atoms with Crippen LogP contribution in [0.15, 0.2) is 0 Å². The summed E-state index contributed by atoms with van der Waals surface area (Å²) in [6.07, 6.45) is -4.15. The van der Waals surface area contributed by atoms with E-state index in [9.17, 15) is 22.8 Å². The van der Waals surface area contributed by atoms with Crippen LogP contribution in [0.1, 0.15) is 19.3 Å². The number of amides is 1. The molecule has 0 saturated heterocycles. The average molecular weight is 228 g/mol. The van der Waals surface area contributed by atoms with Gasteiger partial charge in [0.25, 0.3) is 5.91 Å². The zero-order valence-corrected chi connectivity index (χ0v) is 7.76. The summed E-state index contributed by atoms with van der Waals surface area (Å²) in [5.41, 5.74) is 6.53. The van der Waals surface area contributed by atoms with E-state index in [2.05, 4.69) is 4.84 Å². The second-order valence-corrected chi connectivity index (χ2v) is 2.66. The Bertz CT molecular complexity index is 230. The third-order valence-electron chi connectivity index (χ3n) is 1.35. The van der Waals surface area contributed by atoms with Crippen LogP contribution < -0.4 is 11.2 Å². The molecular weight excluding hydrogens is 217 g/mol. The summed E-state index contributed by atoms with van der Waals surface area (Å²) in [6, 6.07) is 0. The summed E-state index contributed by atoms with van der Waals surface area (Å²) in [5, 5.41) is 0. The lowest BCUT2D eigenvalue weighted by Gasteiger charge is -2.06. The Hall–Kier alpha value is -1.31. The predicted octanol–water partition coefficient (Wildman–Crippen LogP) is 0.252. The summed E-state index contributed by atoms with van der Waals surface area (Å²) >= 11 is 0. The Kier molecular flexibility index (Phi) is 5.68. The van der Waals surface area contributed by atoms with Gasteiger partial charge in [-0.25, -0.2) is 4.79 Å². The van der Waals surface area contributed by atoms with Crippen molar-refractivity contribution in [3.63, 3.8) is 0 Å². The number of hydrogen-bond acceptors (Lipinski definition) is 4. The Morgan fingerprint density at radius 3 is 2.33 bits per heavy atom. The molecule has 0 fully saturated rings. The van der Waals surface area contributed by atoms with Crippen LogP contribution >= 0.6 is 0 Å². The van der Waals surface area contributed by atoms with Gasteiger partial charge in [0.05, 0.1) is 0 Å². The molecule has 0 aliphatic heterocycles. The van der Waals surface area contributed by atoms with Crippen molar-refractivity contribution in [3.8, 4) is 0 Å². The van der Waals surface area contributed by atoms with Crippen molar-refractivity contribution < 1.29 is 27.6 Å². The maximum Gasteiger partial charge on any atom is 0.493 e. The quantitative estimate of drug-likeness (QED) is 0.534. The number of hydrogen-bond donors (Lipinski definition) is 2. The Morgan fingerprint density at radius 1 is 1.27 bits per heavy atom. The maximum atomic E-state index is 11.6. The number of unbranched alkanes of at least 4 members (excludes halogenated alkanes) is 1. The number of rotatable bonds is 4. The van der Waals surface area contributed by atoms with E-state index in [-0.39, 0.29) is 6.42 Å². The second kappa shape index (κ2) is 6.23. The van der Waals surface area contributed by atoms with Crippen LogP contribution in [-0.4, -0.2) is 24.6 Å². The van der Waals surface area contributed by atoms with Gasteiger partial charge in [0.15, 0.2) is 0 Å². The summed E-state index contributed by atoms with van der Waals surface area (Å²) in [6.45, 7) is 0.385. The number of carbonyl (C=O) groups is 2. The molecule has 0 atom stereocenters. The van der Waals surface area contributed by atoms with E-state index in [1.165, 1.54) is 5.48 Å². The molecule has 1 amide bonds. The van der Waals surface area contributed by atoms with Crippen molar-refractivity contribution in [2.75, 3.05) is 6.54 Å². The third-order valence-corrected chi connectivity index (χ3v) is 1.35. The molecule has 88 valence electrons. The van der Waals surface area contributed by atoms with Crippen LogP contribution in [0.4, 0.5) is 13.2 Å². The van der Waals surface area contributed by atoms with Crippen molar-refractivity contribution in [2.45, 2.75) is 25.4 Å². The van der Waals surface area contributed by atoms with Gasteiger partial charge in [-0.05, 0) is 19.4 Å².